The third kappa shape index (κ3) is 3.43. The molecule has 2 nitrogen and oxygen atoms in total. The minimum absolute atomic E-state index is 0.0594. The van der Waals surface area contributed by atoms with E-state index in [0.717, 1.165) is 0 Å². The van der Waals surface area contributed by atoms with Crippen LogP contribution in [0.15, 0.2) is 151 Å². The monoisotopic (exact) mass is 602 g/mol. The highest BCUT2D eigenvalue weighted by Gasteiger charge is 2.47. The van der Waals surface area contributed by atoms with Gasteiger partial charge in [0, 0.05) is 52.0 Å². The fourth-order valence-electron chi connectivity index (χ4n) is 7.19. The summed E-state index contributed by atoms with van der Waals surface area (Å²) in [6, 6.07) is 45.3. The first kappa shape index (κ1) is 24.5. The molecule has 6 aromatic carbocycles. The molecular formula is C37H23BN2S3. The van der Waals surface area contributed by atoms with E-state index in [1.54, 1.807) is 0 Å². The first-order valence-electron chi connectivity index (χ1n) is 14.5. The Bertz CT molecular complexity index is 2160. The van der Waals surface area contributed by atoms with Crippen LogP contribution in [0.5, 0.6) is 0 Å². The fraction of sp³-hybridized carbons (Fsp3) is 0.0270. The molecule has 0 unspecified atom stereocenters. The summed E-state index contributed by atoms with van der Waals surface area (Å²) in [4.78, 5) is 13.1. The van der Waals surface area contributed by atoms with E-state index in [4.69, 9.17) is 0 Å². The third-order valence-corrected chi connectivity index (χ3v) is 12.5. The molecule has 6 aromatic rings. The molecule has 0 aliphatic carbocycles. The zero-order valence-electron chi connectivity index (χ0n) is 23.2. The average Bonchev–Trinajstić information content (AvgIpc) is 3.04. The summed E-state index contributed by atoms with van der Waals surface area (Å²) in [6.07, 6.45) is 0. The van der Waals surface area contributed by atoms with Crippen LogP contribution >= 0.6 is 35.3 Å². The Balaban J connectivity index is 1.31. The highest BCUT2D eigenvalue weighted by Crippen LogP contribution is 2.56. The molecule has 43 heavy (non-hydrogen) atoms. The van der Waals surface area contributed by atoms with E-state index in [1.807, 2.05) is 35.3 Å². The summed E-state index contributed by atoms with van der Waals surface area (Å²) in [5.41, 5.74) is 13.1. The van der Waals surface area contributed by atoms with E-state index >= 15 is 0 Å². The Kier molecular flexibility index (Phi) is 5.14. The van der Waals surface area contributed by atoms with Crippen LogP contribution in [0.4, 0.5) is 28.4 Å². The predicted molar refractivity (Wildman–Crippen MR) is 184 cm³/mol. The fourth-order valence-corrected chi connectivity index (χ4v) is 10.6. The number of aryl methyl sites for hydroxylation is 1. The molecule has 0 N–H and O–H groups in total. The minimum Gasteiger partial charge on any atom is -0.376 e. The van der Waals surface area contributed by atoms with E-state index in [2.05, 4.69) is 138 Å². The van der Waals surface area contributed by atoms with Gasteiger partial charge in [-0.1, -0.05) is 95.9 Å². The molecule has 202 valence electrons. The number of para-hydroxylation sites is 3. The molecule has 0 radical (unpaired) electrons. The van der Waals surface area contributed by atoms with Crippen molar-refractivity contribution < 1.29 is 0 Å². The van der Waals surface area contributed by atoms with Crippen molar-refractivity contribution in [1.82, 2.24) is 0 Å². The summed E-state index contributed by atoms with van der Waals surface area (Å²) in [5.74, 6) is 0. The molecule has 10 rings (SSSR count). The molecule has 0 fully saturated rings. The van der Waals surface area contributed by atoms with E-state index in [9.17, 15) is 0 Å². The Morgan fingerprint density at radius 2 is 1.19 bits per heavy atom. The predicted octanol–water partition coefficient (Wildman–Crippen LogP) is 9.78. The lowest BCUT2D eigenvalue weighted by Gasteiger charge is -2.47. The molecule has 0 aromatic heterocycles. The molecule has 0 amide bonds. The Hall–Kier alpha value is -3.97. The zero-order chi connectivity index (χ0) is 28.2. The van der Waals surface area contributed by atoms with Gasteiger partial charge in [-0.15, -0.1) is 0 Å². The van der Waals surface area contributed by atoms with Crippen LogP contribution in [-0.2, 0) is 0 Å². The number of benzene rings is 6. The summed E-state index contributed by atoms with van der Waals surface area (Å²) in [6.45, 7) is 2.31. The maximum Gasteiger partial charge on any atom is 0.333 e. The van der Waals surface area contributed by atoms with Gasteiger partial charge in [-0.2, -0.15) is 0 Å². The van der Waals surface area contributed by atoms with Crippen LogP contribution < -0.4 is 20.6 Å². The lowest BCUT2D eigenvalue weighted by Crippen LogP contribution is -2.62. The highest BCUT2D eigenvalue weighted by atomic mass is 32.2. The lowest BCUT2D eigenvalue weighted by atomic mass is 9.43. The van der Waals surface area contributed by atoms with Gasteiger partial charge in [-0.25, -0.2) is 0 Å². The molecule has 4 aliphatic rings. The van der Waals surface area contributed by atoms with E-state index < -0.39 is 0 Å². The maximum absolute atomic E-state index is 2.61. The molecular weight excluding hydrogens is 579 g/mol. The smallest absolute Gasteiger partial charge is 0.333 e. The van der Waals surface area contributed by atoms with Crippen molar-refractivity contribution in [3.63, 3.8) is 0 Å². The average molecular weight is 603 g/mol. The van der Waals surface area contributed by atoms with Crippen LogP contribution in [0.3, 0.4) is 0 Å². The maximum atomic E-state index is 2.61. The first-order valence-corrected chi connectivity index (χ1v) is 17.0. The van der Waals surface area contributed by atoms with Gasteiger partial charge in [0.25, 0.3) is 0 Å². The van der Waals surface area contributed by atoms with Gasteiger partial charge in [-0.3, -0.25) is 0 Å². The van der Waals surface area contributed by atoms with Crippen molar-refractivity contribution in [2.45, 2.75) is 36.3 Å². The largest absolute Gasteiger partial charge is 0.376 e. The summed E-state index contributed by atoms with van der Waals surface area (Å²) < 4.78 is 0. The van der Waals surface area contributed by atoms with Gasteiger partial charge in [0.05, 0.1) is 11.4 Å². The van der Waals surface area contributed by atoms with Crippen LogP contribution in [0, 0.1) is 6.92 Å². The molecule has 0 atom stereocenters. The Morgan fingerprint density at radius 3 is 2.00 bits per heavy atom. The van der Waals surface area contributed by atoms with Crippen molar-refractivity contribution in [3.8, 4) is 11.1 Å². The van der Waals surface area contributed by atoms with Crippen LogP contribution in [0.2, 0.25) is 0 Å². The standard InChI is InChI=1S/C37H23BN2S3/c1-22-18-25-24-20-34-35(43-32-16-8-7-15-31(32)42-34)21-28(24)40(23-10-3-2-4-11-23)38-26-12-9-17-33-37(26)39(29(19-22)36(25)38)27-13-5-6-14-30(27)41-33/h2-21H,1H3. The van der Waals surface area contributed by atoms with E-state index in [-0.39, 0.29) is 6.85 Å². The van der Waals surface area contributed by atoms with Crippen molar-refractivity contribution in [1.29, 1.82) is 0 Å². The molecule has 6 heteroatoms. The zero-order valence-corrected chi connectivity index (χ0v) is 25.7. The van der Waals surface area contributed by atoms with Gasteiger partial charge in [0.2, 0.25) is 0 Å². The molecule has 4 heterocycles. The second-order valence-corrected chi connectivity index (χ2v) is 14.7. The second-order valence-electron chi connectivity index (χ2n) is 11.4. The van der Waals surface area contributed by atoms with E-state index in [1.165, 1.54) is 85.4 Å². The molecule has 4 aliphatic heterocycles. The summed E-state index contributed by atoms with van der Waals surface area (Å²) in [7, 11) is 0. The van der Waals surface area contributed by atoms with Crippen molar-refractivity contribution in [2.24, 2.45) is 0 Å². The lowest BCUT2D eigenvalue weighted by molar-refractivity contribution is 1.14. The SMILES string of the molecule is Cc1cc2c3c(c1)N1c4ccccc4Sc4cccc(c41)B3N(c1ccccc1)c1cc3c(cc1-2)Sc1ccccc1S3. The third-order valence-electron chi connectivity index (χ3n) is 8.88. The van der Waals surface area contributed by atoms with Crippen LogP contribution in [-0.4, -0.2) is 6.85 Å². The number of nitrogens with zero attached hydrogens (tertiary/aromatic N) is 2. The van der Waals surface area contributed by atoms with Crippen molar-refractivity contribution >= 4 is 81.5 Å². The Labute approximate surface area is 264 Å². The number of anilines is 5. The van der Waals surface area contributed by atoms with Gasteiger partial charge in [-0.05, 0) is 89.6 Å². The van der Waals surface area contributed by atoms with Crippen LogP contribution in [0.25, 0.3) is 11.1 Å². The number of hydrogen-bond acceptors (Lipinski definition) is 5. The number of fused-ring (bicyclic) bond motifs is 8. The first-order chi connectivity index (χ1) is 21.2. The molecule has 0 bridgehead atoms. The van der Waals surface area contributed by atoms with Gasteiger partial charge < -0.3 is 9.71 Å². The highest BCUT2D eigenvalue weighted by molar-refractivity contribution is 8.05. The van der Waals surface area contributed by atoms with E-state index in [0.29, 0.717) is 0 Å². The normalized spacial score (nSPS) is 14.7. The van der Waals surface area contributed by atoms with Crippen LogP contribution in [0.1, 0.15) is 5.56 Å². The number of rotatable bonds is 1. The number of hydrogen-bond donors (Lipinski definition) is 0. The van der Waals surface area contributed by atoms with Gasteiger partial charge in [0.15, 0.2) is 0 Å². The quantitative estimate of drug-likeness (QED) is 0.172. The second kappa shape index (κ2) is 9.02. The van der Waals surface area contributed by atoms with Crippen molar-refractivity contribution in [3.05, 3.63) is 127 Å². The van der Waals surface area contributed by atoms with Gasteiger partial charge in [0.1, 0.15) is 0 Å². The molecule has 0 saturated heterocycles. The summed E-state index contributed by atoms with van der Waals surface area (Å²) >= 11 is 5.69. The van der Waals surface area contributed by atoms with Crippen molar-refractivity contribution in [2.75, 3.05) is 9.71 Å². The molecule has 0 spiro atoms. The molecule has 0 saturated carbocycles. The topological polar surface area (TPSA) is 6.48 Å². The van der Waals surface area contributed by atoms with Gasteiger partial charge >= 0.3 is 6.85 Å². The minimum atomic E-state index is 0.0594. The Morgan fingerprint density at radius 1 is 0.512 bits per heavy atom. The summed E-state index contributed by atoms with van der Waals surface area (Å²) in [5, 5.41) is 0.